The van der Waals surface area contributed by atoms with E-state index in [1.807, 2.05) is 6.92 Å². The second-order valence-corrected chi connectivity index (χ2v) is 9.37. The van der Waals surface area contributed by atoms with E-state index in [0.717, 1.165) is 30.4 Å². The Labute approximate surface area is 202 Å². The summed E-state index contributed by atoms with van der Waals surface area (Å²) in [4.78, 5) is 16.7. The highest BCUT2D eigenvalue weighted by Gasteiger charge is 2.37. The van der Waals surface area contributed by atoms with Gasteiger partial charge in [0, 0.05) is 11.8 Å². The number of nitrogens with one attached hydrogen (secondary N) is 1. The number of hydrogen-bond acceptors (Lipinski definition) is 3. The van der Waals surface area contributed by atoms with Crippen LogP contribution in [0, 0.1) is 23.2 Å². The molecule has 35 heavy (non-hydrogen) atoms. The number of amides is 1. The molecule has 0 aliphatic heterocycles. The van der Waals surface area contributed by atoms with Gasteiger partial charge in [-0.1, -0.05) is 38.3 Å². The van der Waals surface area contributed by atoms with Crippen molar-refractivity contribution in [3.05, 3.63) is 64.5 Å². The molecule has 1 heterocycles. The first-order chi connectivity index (χ1) is 16.9. The zero-order valence-corrected chi connectivity index (χ0v) is 19.4. The number of rotatable bonds is 7. The summed E-state index contributed by atoms with van der Waals surface area (Å²) >= 11 is 0. The molecule has 2 unspecified atom stereocenters. The van der Waals surface area contributed by atoms with Crippen molar-refractivity contribution >= 4 is 17.1 Å². The number of benzene rings is 1. The van der Waals surface area contributed by atoms with Crippen molar-refractivity contribution in [3.8, 4) is 6.07 Å². The Morgan fingerprint density at radius 2 is 1.94 bits per heavy atom. The monoisotopic (exact) mass is 485 g/mol. The number of fused-ring (bicyclic) bond motifs is 1. The third kappa shape index (κ3) is 4.95. The fourth-order valence-corrected chi connectivity index (χ4v) is 5.13. The first-order valence-corrected chi connectivity index (χ1v) is 11.8. The van der Waals surface area contributed by atoms with Crippen LogP contribution in [0.15, 0.2) is 36.5 Å². The van der Waals surface area contributed by atoms with Crippen LogP contribution in [-0.4, -0.2) is 30.3 Å². The van der Waals surface area contributed by atoms with Crippen LogP contribution < -0.4 is 5.32 Å². The van der Waals surface area contributed by atoms with Gasteiger partial charge in [-0.25, -0.2) is 17.6 Å². The Morgan fingerprint density at radius 1 is 1.20 bits per heavy atom. The number of nitrogens with zero attached hydrogens (tertiary/aromatic N) is 2. The molecule has 2 aliphatic carbocycles. The summed E-state index contributed by atoms with van der Waals surface area (Å²) in [5.74, 6) is -0.0517. The molecular weight excluding hydrogens is 458 g/mol. The van der Waals surface area contributed by atoms with Gasteiger partial charge in [0.25, 0.3) is 12.3 Å². The molecule has 8 heteroatoms. The number of aromatic nitrogens is 1. The van der Waals surface area contributed by atoms with Gasteiger partial charge in [-0.2, -0.15) is 5.26 Å². The van der Waals surface area contributed by atoms with Crippen LogP contribution in [0.5, 0.6) is 0 Å². The topological polar surface area (TPSA) is 65.8 Å². The van der Waals surface area contributed by atoms with Crippen LogP contribution in [0.1, 0.15) is 77.7 Å². The molecule has 0 spiro atoms. The maximum atomic E-state index is 13.5. The molecule has 1 aromatic carbocycles. The smallest absolute Gasteiger partial charge is 0.263 e. The molecule has 2 atom stereocenters. The largest absolute Gasteiger partial charge is 0.344 e. The zero-order valence-electron chi connectivity index (χ0n) is 19.4. The average molecular weight is 486 g/mol. The lowest BCUT2D eigenvalue weighted by Gasteiger charge is -2.37. The molecule has 0 saturated heterocycles. The highest BCUT2D eigenvalue weighted by atomic mass is 19.3. The number of carbonyl (C=O) groups is 1. The molecule has 0 bridgehead atoms. The summed E-state index contributed by atoms with van der Waals surface area (Å²) in [5.41, 5.74) is 3.12. The van der Waals surface area contributed by atoms with Crippen molar-refractivity contribution < 1.29 is 22.4 Å². The number of nitriles is 1. The molecule has 1 fully saturated rings. The molecule has 0 radical (unpaired) electrons. The van der Waals surface area contributed by atoms with E-state index in [-0.39, 0.29) is 23.0 Å². The van der Waals surface area contributed by atoms with Gasteiger partial charge in [-0.05, 0) is 59.1 Å². The molecule has 2 aromatic rings. The van der Waals surface area contributed by atoms with Gasteiger partial charge in [0.1, 0.15) is 19.4 Å². The van der Waals surface area contributed by atoms with Crippen molar-refractivity contribution in [1.29, 1.82) is 5.26 Å². The Morgan fingerprint density at radius 3 is 2.49 bits per heavy atom. The molecule has 1 N–H and O–H groups in total. The predicted molar refractivity (Wildman–Crippen MR) is 125 cm³/mol. The molecule has 2 aliphatic rings. The fraction of sp³-hybridized carbons (Fsp3) is 0.444. The van der Waals surface area contributed by atoms with Crippen LogP contribution in [0.4, 0.5) is 17.6 Å². The van der Waals surface area contributed by atoms with Gasteiger partial charge in [-0.3, -0.25) is 9.78 Å². The minimum atomic E-state index is -2.60. The fourth-order valence-electron chi connectivity index (χ4n) is 5.13. The molecular formula is C27H27F4N3O. The highest BCUT2D eigenvalue weighted by molar-refractivity contribution is 5.99. The SMILES string of the molecule is CC1c2cc(C(F)F)ccc2C(C#N)=C(c2ccc(C(=O)NC(CF)CF)cn2)CC1C1CCC1. The van der Waals surface area contributed by atoms with Crippen molar-refractivity contribution in [2.24, 2.45) is 11.8 Å². The van der Waals surface area contributed by atoms with Crippen LogP contribution in [0.2, 0.25) is 0 Å². The molecule has 4 rings (SSSR count). The predicted octanol–water partition coefficient (Wildman–Crippen LogP) is 6.41. The summed E-state index contributed by atoms with van der Waals surface area (Å²) in [7, 11) is 0. The van der Waals surface area contributed by atoms with Crippen molar-refractivity contribution in [3.63, 3.8) is 0 Å². The third-order valence-corrected chi connectivity index (χ3v) is 7.38. The van der Waals surface area contributed by atoms with Crippen LogP contribution in [0.3, 0.4) is 0 Å². The molecule has 1 saturated carbocycles. The van der Waals surface area contributed by atoms with Gasteiger partial charge in [0.15, 0.2) is 0 Å². The van der Waals surface area contributed by atoms with Gasteiger partial charge < -0.3 is 5.32 Å². The second-order valence-electron chi connectivity index (χ2n) is 9.37. The Bertz CT molecular complexity index is 1150. The van der Waals surface area contributed by atoms with E-state index in [1.165, 1.54) is 24.4 Å². The molecule has 4 nitrogen and oxygen atoms in total. The van der Waals surface area contributed by atoms with E-state index < -0.39 is 31.7 Å². The first-order valence-electron chi connectivity index (χ1n) is 11.8. The minimum Gasteiger partial charge on any atom is -0.344 e. The van der Waals surface area contributed by atoms with Crippen molar-refractivity contribution in [2.45, 2.75) is 51.0 Å². The van der Waals surface area contributed by atoms with E-state index in [1.54, 1.807) is 12.1 Å². The van der Waals surface area contributed by atoms with Crippen molar-refractivity contribution in [1.82, 2.24) is 10.3 Å². The van der Waals surface area contributed by atoms with Crippen LogP contribution in [-0.2, 0) is 0 Å². The summed E-state index contributed by atoms with van der Waals surface area (Å²) in [5, 5.41) is 12.4. The van der Waals surface area contributed by atoms with E-state index in [4.69, 9.17) is 0 Å². The van der Waals surface area contributed by atoms with E-state index >= 15 is 0 Å². The lowest BCUT2D eigenvalue weighted by molar-refractivity contribution is 0.0921. The number of carbonyl (C=O) groups excluding carboxylic acids is 1. The first kappa shape index (κ1) is 24.9. The summed E-state index contributed by atoms with van der Waals surface area (Å²) < 4.78 is 52.5. The van der Waals surface area contributed by atoms with Crippen LogP contribution >= 0.6 is 0 Å². The number of pyridine rings is 1. The van der Waals surface area contributed by atoms with E-state index in [9.17, 15) is 27.6 Å². The number of hydrogen-bond donors (Lipinski definition) is 1. The van der Waals surface area contributed by atoms with Gasteiger partial charge >= 0.3 is 0 Å². The summed E-state index contributed by atoms with van der Waals surface area (Å²) in [6.45, 7) is 0.0151. The third-order valence-electron chi connectivity index (χ3n) is 7.38. The van der Waals surface area contributed by atoms with Gasteiger partial charge in [0.2, 0.25) is 0 Å². The number of halogens is 4. The van der Waals surface area contributed by atoms with Crippen LogP contribution in [0.25, 0.3) is 11.1 Å². The van der Waals surface area contributed by atoms with Gasteiger partial charge in [0.05, 0.1) is 22.9 Å². The zero-order chi connectivity index (χ0) is 25.1. The lowest BCUT2D eigenvalue weighted by Crippen LogP contribution is -2.38. The normalized spacial score (nSPS) is 20.3. The second kappa shape index (κ2) is 10.6. The number of allylic oxidation sites excluding steroid dienone is 2. The van der Waals surface area contributed by atoms with Crippen molar-refractivity contribution in [2.75, 3.05) is 13.3 Å². The lowest BCUT2D eigenvalue weighted by atomic mass is 9.67. The minimum absolute atomic E-state index is 0.0155. The average Bonchev–Trinajstić information content (AvgIpc) is 2.95. The molecule has 1 amide bonds. The number of alkyl halides is 4. The van der Waals surface area contributed by atoms with E-state index in [0.29, 0.717) is 29.2 Å². The quantitative estimate of drug-likeness (QED) is 0.461. The summed E-state index contributed by atoms with van der Waals surface area (Å²) in [6, 6.07) is 8.71. The summed E-state index contributed by atoms with van der Waals surface area (Å²) in [6.07, 6.45) is 2.55. The standard InChI is InChI=1S/C27H27F4N3O/c1-15-21(16-3-2-4-16)10-23(24(13-32)20-7-5-17(26(30)31)9-22(15)20)25-8-6-18(14-33-25)27(35)34-19(11-28)12-29/h5-9,14-16,19,21,26H,2-4,10-12H2,1H3,(H,34,35). The maximum absolute atomic E-state index is 13.5. The Balaban J connectivity index is 1.76. The highest BCUT2D eigenvalue weighted by Crippen LogP contribution is 2.50. The van der Waals surface area contributed by atoms with Gasteiger partial charge in [-0.15, -0.1) is 0 Å². The Hall–Kier alpha value is -3.21. The Kier molecular flexibility index (Phi) is 7.54. The maximum Gasteiger partial charge on any atom is 0.263 e. The molecule has 1 aromatic heterocycles. The van der Waals surface area contributed by atoms with E-state index in [2.05, 4.69) is 16.4 Å². The molecule has 184 valence electrons.